The first kappa shape index (κ1) is 18.3. The third-order valence-corrected chi connectivity index (χ3v) is 5.18. The van der Waals surface area contributed by atoms with E-state index in [9.17, 15) is 9.18 Å². The van der Waals surface area contributed by atoms with Crippen LogP contribution < -0.4 is 0 Å². The molecule has 1 aliphatic heterocycles. The molecule has 0 saturated carbocycles. The van der Waals surface area contributed by atoms with E-state index in [0.717, 1.165) is 42.6 Å². The average Bonchev–Trinajstić information content (AvgIpc) is 2.76. The van der Waals surface area contributed by atoms with Crippen LogP contribution in [-0.2, 0) is 6.42 Å². The number of aromatic nitrogens is 2. The van der Waals surface area contributed by atoms with Crippen LogP contribution >= 0.6 is 0 Å². The summed E-state index contributed by atoms with van der Waals surface area (Å²) in [6, 6.07) is 16.0. The van der Waals surface area contributed by atoms with Gasteiger partial charge in [-0.3, -0.25) is 14.8 Å². The van der Waals surface area contributed by atoms with Gasteiger partial charge in [0.1, 0.15) is 11.5 Å². The molecule has 0 spiro atoms. The van der Waals surface area contributed by atoms with Gasteiger partial charge in [0.25, 0.3) is 5.91 Å². The molecule has 5 heteroatoms. The number of rotatable bonds is 4. The van der Waals surface area contributed by atoms with Crippen LogP contribution in [-0.4, -0.2) is 27.3 Å². The number of likely N-dealkylation sites (tertiary alicyclic amines) is 1. The molecule has 0 aliphatic carbocycles. The van der Waals surface area contributed by atoms with Crippen molar-refractivity contribution in [1.29, 1.82) is 0 Å². The van der Waals surface area contributed by atoms with Crippen molar-refractivity contribution < 1.29 is 9.18 Å². The number of carbonyl (C=O) groups excluding carboxylic acids is 1. The first-order valence-electron chi connectivity index (χ1n) is 9.62. The summed E-state index contributed by atoms with van der Waals surface area (Å²) in [4.78, 5) is 23.7. The Morgan fingerprint density at radius 2 is 1.89 bits per heavy atom. The molecule has 1 fully saturated rings. The lowest BCUT2D eigenvalue weighted by molar-refractivity contribution is 0.0605. The Morgan fingerprint density at radius 3 is 2.61 bits per heavy atom. The van der Waals surface area contributed by atoms with Crippen LogP contribution in [0.4, 0.5) is 4.39 Å². The molecule has 1 atom stereocenters. The molecular weight excluding hydrogens is 353 g/mol. The lowest BCUT2D eigenvalue weighted by Crippen LogP contribution is -2.38. The zero-order chi connectivity index (χ0) is 19.3. The average molecular weight is 375 g/mol. The predicted octanol–water partition coefficient (Wildman–Crippen LogP) is 4.57. The van der Waals surface area contributed by atoms with Crippen molar-refractivity contribution in [3.8, 4) is 0 Å². The summed E-state index contributed by atoms with van der Waals surface area (Å²) in [5.74, 6) is -0.261. The van der Waals surface area contributed by atoms with Crippen LogP contribution in [0.15, 0.2) is 67.0 Å². The third-order valence-electron chi connectivity index (χ3n) is 5.18. The third kappa shape index (κ3) is 4.09. The summed E-state index contributed by atoms with van der Waals surface area (Å²) < 4.78 is 13.1. The maximum atomic E-state index is 13.1. The first-order valence-corrected chi connectivity index (χ1v) is 9.62. The SMILES string of the molecule is O=C(c1ccccn1)N1CCCCC1c1ccc(Cc2ccc(F)cc2)nc1. The van der Waals surface area contributed by atoms with Crippen molar-refractivity contribution in [2.45, 2.75) is 31.7 Å². The van der Waals surface area contributed by atoms with Crippen molar-refractivity contribution in [1.82, 2.24) is 14.9 Å². The van der Waals surface area contributed by atoms with Crippen LogP contribution in [0.5, 0.6) is 0 Å². The van der Waals surface area contributed by atoms with Crippen LogP contribution in [0.1, 0.15) is 52.6 Å². The number of piperidine rings is 1. The highest BCUT2D eigenvalue weighted by Gasteiger charge is 2.29. The maximum absolute atomic E-state index is 13.1. The van der Waals surface area contributed by atoms with E-state index in [1.165, 1.54) is 12.1 Å². The topological polar surface area (TPSA) is 46.1 Å². The lowest BCUT2D eigenvalue weighted by atomic mass is 9.95. The van der Waals surface area contributed by atoms with Gasteiger partial charge in [0.15, 0.2) is 0 Å². The Morgan fingerprint density at radius 1 is 1.04 bits per heavy atom. The molecule has 1 saturated heterocycles. The molecule has 4 rings (SSSR count). The Balaban J connectivity index is 1.51. The van der Waals surface area contributed by atoms with E-state index in [1.807, 2.05) is 29.3 Å². The Labute approximate surface area is 164 Å². The Bertz CT molecular complexity index is 926. The molecule has 0 bridgehead atoms. The summed E-state index contributed by atoms with van der Waals surface area (Å²) in [5, 5.41) is 0. The fraction of sp³-hybridized carbons (Fsp3) is 0.261. The summed E-state index contributed by atoms with van der Waals surface area (Å²) in [6.07, 6.45) is 7.20. The first-order chi connectivity index (χ1) is 13.7. The molecule has 3 heterocycles. The minimum absolute atomic E-state index is 0.0237. The van der Waals surface area contributed by atoms with Crippen LogP contribution in [0, 0.1) is 5.82 Å². The molecule has 0 radical (unpaired) electrons. The van der Waals surface area contributed by atoms with Gasteiger partial charge in [0.05, 0.1) is 6.04 Å². The quantitative estimate of drug-likeness (QED) is 0.671. The molecule has 3 aromatic rings. The van der Waals surface area contributed by atoms with Crippen LogP contribution in [0.25, 0.3) is 0 Å². The largest absolute Gasteiger partial charge is 0.330 e. The van der Waals surface area contributed by atoms with E-state index in [0.29, 0.717) is 12.1 Å². The molecule has 0 N–H and O–H groups in total. The second-order valence-corrected chi connectivity index (χ2v) is 7.11. The van der Waals surface area contributed by atoms with E-state index in [4.69, 9.17) is 0 Å². The van der Waals surface area contributed by atoms with E-state index in [2.05, 4.69) is 16.0 Å². The molecule has 1 amide bonds. The summed E-state index contributed by atoms with van der Waals surface area (Å²) in [7, 11) is 0. The fourth-order valence-corrected chi connectivity index (χ4v) is 3.71. The van der Waals surface area contributed by atoms with E-state index in [1.54, 1.807) is 24.4 Å². The number of amides is 1. The minimum Gasteiger partial charge on any atom is -0.330 e. The van der Waals surface area contributed by atoms with Crippen molar-refractivity contribution in [2.24, 2.45) is 0 Å². The van der Waals surface area contributed by atoms with Crippen molar-refractivity contribution in [3.63, 3.8) is 0 Å². The van der Waals surface area contributed by atoms with Crippen molar-refractivity contribution in [2.75, 3.05) is 6.54 Å². The van der Waals surface area contributed by atoms with Gasteiger partial charge >= 0.3 is 0 Å². The molecule has 142 valence electrons. The second kappa shape index (κ2) is 8.30. The van der Waals surface area contributed by atoms with Crippen LogP contribution in [0.3, 0.4) is 0 Å². The summed E-state index contributed by atoms with van der Waals surface area (Å²) in [5.41, 5.74) is 3.47. The number of pyridine rings is 2. The number of benzene rings is 1. The van der Waals surface area contributed by atoms with E-state index >= 15 is 0 Å². The predicted molar refractivity (Wildman–Crippen MR) is 105 cm³/mol. The zero-order valence-electron chi connectivity index (χ0n) is 15.6. The number of hydrogen-bond acceptors (Lipinski definition) is 3. The molecule has 28 heavy (non-hydrogen) atoms. The molecule has 2 aromatic heterocycles. The molecule has 1 aromatic carbocycles. The summed E-state index contributed by atoms with van der Waals surface area (Å²) >= 11 is 0. The molecule has 4 nitrogen and oxygen atoms in total. The highest BCUT2D eigenvalue weighted by molar-refractivity contribution is 5.92. The van der Waals surface area contributed by atoms with Gasteiger partial charge in [0, 0.05) is 31.1 Å². The monoisotopic (exact) mass is 375 g/mol. The van der Waals surface area contributed by atoms with Gasteiger partial charge in [-0.2, -0.15) is 0 Å². The van der Waals surface area contributed by atoms with Gasteiger partial charge in [0.2, 0.25) is 0 Å². The number of hydrogen-bond donors (Lipinski definition) is 0. The molecule has 1 unspecified atom stereocenters. The second-order valence-electron chi connectivity index (χ2n) is 7.11. The maximum Gasteiger partial charge on any atom is 0.272 e. The molecule has 1 aliphatic rings. The Kier molecular flexibility index (Phi) is 5.42. The van der Waals surface area contributed by atoms with Gasteiger partial charge < -0.3 is 4.90 Å². The highest BCUT2D eigenvalue weighted by atomic mass is 19.1. The van der Waals surface area contributed by atoms with E-state index < -0.39 is 0 Å². The van der Waals surface area contributed by atoms with E-state index in [-0.39, 0.29) is 17.8 Å². The van der Waals surface area contributed by atoms with Crippen LogP contribution in [0.2, 0.25) is 0 Å². The summed E-state index contributed by atoms with van der Waals surface area (Å²) in [6.45, 7) is 0.734. The number of nitrogens with zero attached hydrogens (tertiary/aromatic N) is 3. The molecular formula is C23H22FN3O. The van der Waals surface area contributed by atoms with Gasteiger partial charge in [-0.25, -0.2) is 4.39 Å². The number of carbonyl (C=O) groups is 1. The van der Waals surface area contributed by atoms with Gasteiger partial charge in [-0.15, -0.1) is 0 Å². The normalized spacial score (nSPS) is 16.8. The zero-order valence-corrected chi connectivity index (χ0v) is 15.6. The van der Waals surface area contributed by atoms with Gasteiger partial charge in [-0.05, 0) is 60.7 Å². The Hall–Kier alpha value is -3.08. The number of halogens is 1. The highest BCUT2D eigenvalue weighted by Crippen LogP contribution is 2.31. The smallest absolute Gasteiger partial charge is 0.272 e. The van der Waals surface area contributed by atoms with Crippen molar-refractivity contribution >= 4 is 5.91 Å². The van der Waals surface area contributed by atoms with Crippen molar-refractivity contribution in [3.05, 3.63) is 95.3 Å². The minimum atomic E-state index is -0.234. The fourth-order valence-electron chi connectivity index (χ4n) is 3.71. The van der Waals surface area contributed by atoms with Gasteiger partial charge in [-0.1, -0.05) is 24.3 Å². The lowest BCUT2D eigenvalue weighted by Gasteiger charge is -2.35. The standard InChI is InChI=1S/C23H22FN3O/c24-19-10-7-17(8-11-19)15-20-12-9-18(16-26-20)22-6-2-4-14-27(22)23(28)21-5-1-3-13-25-21/h1,3,5,7-13,16,22H,2,4,6,14-15H2.